The van der Waals surface area contributed by atoms with Crippen LogP contribution in [0.25, 0.3) is 0 Å². The van der Waals surface area contributed by atoms with Gasteiger partial charge in [-0.3, -0.25) is 14.5 Å². The number of hydrogen-bond acceptors (Lipinski definition) is 3. The van der Waals surface area contributed by atoms with E-state index in [4.69, 9.17) is 0 Å². The van der Waals surface area contributed by atoms with Gasteiger partial charge in [-0.05, 0) is 12.0 Å². The number of carbonyl (C=O) groups excluding carboxylic acids is 3. The van der Waals surface area contributed by atoms with Gasteiger partial charge in [0.25, 0.3) is 5.91 Å². The number of rotatable bonds is 6. The molecule has 1 aliphatic heterocycles. The van der Waals surface area contributed by atoms with Gasteiger partial charge in [0, 0.05) is 19.5 Å². The number of hydrogen-bond donors (Lipinski definition) is 1. The summed E-state index contributed by atoms with van der Waals surface area (Å²) >= 11 is 0. The van der Waals surface area contributed by atoms with Gasteiger partial charge in [0.2, 0.25) is 5.91 Å². The highest BCUT2D eigenvalue weighted by molar-refractivity contribution is 6.04. The lowest BCUT2D eigenvalue weighted by Gasteiger charge is -2.18. The molecule has 1 aromatic carbocycles. The topological polar surface area (TPSA) is 69.7 Å². The molecule has 0 aromatic heterocycles. The van der Waals surface area contributed by atoms with Gasteiger partial charge in [-0.25, -0.2) is 4.79 Å². The van der Waals surface area contributed by atoms with E-state index >= 15 is 0 Å². The van der Waals surface area contributed by atoms with Gasteiger partial charge in [0.15, 0.2) is 0 Å². The molecule has 0 unspecified atom stereocenters. The summed E-state index contributed by atoms with van der Waals surface area (Å²) < 4.78 is 0. The van der Waals surface area contributed by atoms with E-state index in [1.54, 1.807) is 7.05 Å². The molecule has 22 heavy (non-hydrogen) atoms. The Morgan fingerprint density at radius 1 is 1.27 bits per heavy atom. The second-order valence-electron chi connectivity index (χ2n) is 5.44. The number of nitrogens with zero attached hydrogens (tertiary/aromatic N) is 2. The molecule has 0 aliphatic carbocycles. The predicted octanol–water partition coefficient (Wildman–Crippen LogP) is 1.19. The molecule has 1 saturated heterocycles. The Balaban J connectivity index is 1.87. The molecule has 4 amide bonds. The molecule has 0 radical (unpaired) electrons. The highest BCUT2D eigenvalue weighted by Gasteiger charge is 2.34. The fourth-order valence-electron chi connectivity index (χ4n) is 2.48. The van der Waals surface area contributed by atoms with Crippen LogP contribution in [0.5, 0.6) is 0 Å². The van der Waals surface area contributed by atoms with Crippen LogP contribution in [0.15, 0.2) is 30.3 Å². The number of nitrogens with one attached hydrogen (secondary N) is 1. The summed E-state index contributed by atoms with van der Waals surface area (Å²) in [4.78, 5) is 37.6. The molecule has 1 atom stereocenters. The number of imide groups is 1. The van der Waals surface area contributed by atoms with E-state index in [1.807, 2.05) is 30.3 Å². The van der Waals surface area contributed by atoms with E-state index < -0.39 is 6.03 Å². The summed E-state index contributed by atoms with van der Waals surface area (Å²) in [6.45, 7) is 2.37. The van der Waals surface area contributed by atoms with Gasteiger partial charge in [-0.15, -0.1) is 0 Å². The van der Waals surface area contributed by atoms with Crippen molar-refractivity contribution in [3.63, 3.8) is 0 Å². The number of likely N-dealkylation sites (N-methyl/N-ethyl adjacent to an activating group) is 1. The van der Waals surface area contributed by atoms with Crippen LogP contribution < -0.4 is 5.32 Å². The fourth-order valence-corrected chi connectivity index (χ4v) is 2.48. The van der Waals surface area contributed by atoms with Crippen molar-refractivity contribution in [2.45, 2.75) is 19.3 Å². The van der Waals surface area contributed by atoms with Crippen molar-refractivity contribution in [2.75, 3.05) is 26.7 Å². The Labute approximate surface area is 130 Å². The van der Waals surface area contributed by atoms with Crippen molar-refractivity contribution >= 4 is 17.8 Å². The molecule has 6 nitrogen and oxygen atoms in total. The van der Waals surface area contributed by atoms with E-state index in [-0.39, 0.29) is 30.8 Å². The molecular formula is C16H21N3O3. The van der Waals surface area contributed by atoms with Gasteiger partial charge in [-0.1, -0.05) is 37.3 Å². The lowest BCUT2D eigenvalue weighted by atomic mass is 9.96. The van der Waals surface area contributed by atoms with Crippen LogP contribution in [-0.4, -0.2) is 54.3 Å². The Bertz CT molecular complexity index is 559. The second kappa shape index (κ2) is 7.06. The molecule has 1 aliphatic rings. The lowest BCUT2D eigenvalue weighted by molar-refractivity contribution is -0.130. The Kier molecular flexibility index (Phi) is 5.14. The first-order chi connectivity index (χ1) is 10.5. The number of urea groups is 1. The molecule has 0 bridgehead atoms. The maximum atomic E-state index is 12.0. The van der Waals surface area contributed by atoms with Gasteiger partial charge < -0.3 is 10.2 Å². The van der Waals surface area contributed by atoms with E-state index in [2.05, 4.69) is 12.2 Å². The molecule has 1 N–H and O–H groups in total. The molecule has 1 aromatic rings. The van der Waals surface area contributed by atoms with Crippen molar-refractivity contribution in [3.8, 4) is 0 Å². The first-order valence-corrected chi connectivity index (χ1v) is 7.40. The zero-order chi connectivity index (χ0) is 16.1. The number of amides is 4. The van der Waals surface area contributed by atoms with Crippen LogP contribution >= 0.6 is 0 Å². The van der Waals surface area contributed by atoms with Crippen LogP contribution in [0.1, 0.15) is 24.8 Å². The fraction of sp³-hybridized carbons (Fsp3) is 0.438. The van der Waals surface area contributed by atoms with Crippen LogP contribution in [-0.2, 0) is 9.59 Å². The molecule has 0 spiro atoms. The van der Waals surface area contributed by atoms with Gasteiger partial charge in [-0.2, -0.15) is 0 Å². The maximum Gasteiger partial charge on any atom is 0.327 e. The minimum Gasteiger partial charge on any atom is -0.354 e. The van der Waals surface area contributed by atoms with Crippen molar-refractivity contribution in [1.29, 1.82) is 0 Å². The quantitative estimate of drug-likeness (QED) is 0.803. The van der Waals surface area contributed by atoms with Gasteiger partial charge in [0.05, 0.1) is 0 Å². The van der Waals surface area contributed by atoms with Crippen molar-refractivity contribution < 1.29 is 14.4 Å². The first-order valence-electron chi connectivity index (χ1n) is 7.40. The number of benzene rings is 1. The van der Waals surface area contributed by atoms with Crippen molar-refractivity contribution in [3.05, 3.63) is 35.9 Å². The summed E-state index contributed by atoms with van der Waals surface area (Å²) in [5.41, 5.74) is 1.17. The first kappa shape index (κ1) is 16.0. The summed E-state index contributed by atoms with van der Waals surface area (Å²) in [5.74, 6) is -0.429. The Morgan fingerprint density at radius 2 is 1.95 bits per heavy atom. The minimum atomic E-state index is -0.421. The SMILES string of the molecule is CC[C@@H](CNC(=O)CN1C(=O)CN(C)C1=O)c1ccccc1. The maximum absolute atomic E-state index is 12.0. The highest BCUT2D eigenvalue weighted by atomic mass is 16.2. The minimum absolute atomic E-state index is 0.0354. The largest absolute Gasteiger partial charge is 0.354 e. The smallest absolute Gasteiger partial charge is 0.327 e. The third-order valence-electron chi connectivity index (χ3n) is 3.84. The molecule has 2 rings (SSSR count). The van der Waals surface area contributed by atoms with Crippen molar-refractivity contribution in [1.82, 2.24) is 15.1 Å². The molecule has 0 saturated carbocycles. The normalized spacial score (nSPS) is 16.1. The van der Waals surface area contributed by atoms with Crippen LogP contribution in [0.4, 0.5) is 4.79 Å². The van der Waals surface area contributed by atoms with Crippen LogP contribution in [0, 0.1) is 0 Å². The lowest BCUT2D eigenvalue weighted by Crippen LogP contribution is -2.42. The Hall–Kier alpha value is -2.37. The molecule has 1 fully saturated rings. The van der Waals surface area contributed by atoms with E-state index in [9.17, 15) is 14.4 Å². The molecule has 1 heterocycles. The summed E-state index contributed by atoms with van der Waals surface area (Å²) in [6, 6.07) is 9.53. The zero-order valence-corrected chi connectivity index (χ0v) is 12.9. The summed E-state index contributed by atoms with van der Waals surface area (Å²) in [5, 5.41) is 2.81. The Morgan fingerprint density at radius 3 is 2.50 bits per heavy atom. The van der Waals surface area contributed by atoms with Gasteiger partial charge in [0.1, 0.15) is 13.1 Å². The van der Waals surface area contributed by atoms with E-state index in [0.29, 0.717) is 6.54 Å². The second-order valence-corrected chi connectivity index (χ2v) is 5.44. The molecule has 118 valence electrons. The third kappa shape index (κ3) is 3.63. The average molecular weight is 303 g/mol. The molecule has 6 heteroatoms. The van der Waals surface area contributed by atoms with Crippen LogP contribution in [0.3, 0.4) is 0 Å². The summed E-state index contributed by atoms with van der Waals surface area (Å²) in [7, 11) is 1.54. The van der Waals surface area contributed by atoms with E-state index in [1.165, 1.54) is 10.5 Å². The van der Waals surface area contributed by atoms with E-state index in [0.717, 1.165) is 11.3 Å². The monoisotopic (exact) mass is 303 g/mol. The highest BCUT2D eigenvalue weighted by Crippen LogP contribution is 2.18. The van der Waals surface area contributed by atoms with Gasteiger partial charge >= 0.3 is 6.03 Å². The zero-order valence-electron chi connectivity index (χ0n) is 12.9. The average Bonchev–Trinajstić information content (AvgIpc) is 2.75. The predicted molar refractivity (Wildman–Crippen MR) is 82.2 cm³/mol. The summed E-state index contributed by atoms with van der Waals surface area (Å²) in [6.07, 6.45) is 0.897. The third-order valence-corrected chi connectivity index (χ3v) is 3.84. The van der Waals surface area contributed by atoms with Crippen LogP contribution in [0.2, 0.25) is 0 Å². The standard InChI is InChI=1S/C16H21N3O3/c1-3-12(13-7-5-4-6-8-13)9-17-14(20)10-19-15(21)11-18(2)16(19)22/h4-8,12H,3,9-11H2,1-2H3,(H,17,20)/t12-/m0/s1. The number of carbonyl (C=O) groups is 3. The van der Waals surface area contributed by atoms with Crippen molar-refractivity contribution in [2.24, 2.45) is 0 Å². The molecular weight excluding hydrogens is 282 g/mol.